The highest BCUT2D eigenvalue weighted by molar-refractivity contribution is 7.20. The number of aromatic nitrogens is 3. The van der Waals surface area contributed by atoms with E-state index in [-0.39, 0.29) is 37.7 Å². The normalized spacial score (nSPS) is 11.9. The third-order valence-corrected chi connectivity index (χ3v) is 4.68. The minimum atomic E-state index is -5.09. The number of benzene rings is 1. The lowest BCUT2D eigenvalue weighted by atomic mass is 10.2. The van der Waals surface area contributed by atoms with Crippen LogP contribution in [0.15, 0.2) is 21.7 Å². The molecule has 0 saturated heterocycles. The standard InChI is InChI=1S/C15H10ClF4N3O3S/c1-2-3-26-14-22-10-6(16)4-7(17)11(12(10)27-14)23-8(15(18,19)20)5-9(24)21-13(23)25/h4-5H,2-3H2,1H3,(H,21,24,25). The van der Waals surface area contributed by atoms with E-state index in [0.29, 0.717) is 6.42 Å². The van der Waals surface area contributed by atoms with Crippen LogP contribution in [-0.4, -0.2) is 21.1 Å². The van der Waals surface area contributed by atoms with E-state index in [1.807, 2.05) is 6.92 Å². The molecule has 3 rings (SSSR count). The Labute approximate surface area is 157 Å². The topological polar surface area (TPSA) is 77.0 Å². The van der Waals surface area contributed by atoms with Gasteiger partial charge in [-0.2, -0.15) is 13.2 Å². The maximum absolute atomic E-state index is 14.6. The number of aromatic amines is 1. The van der Waals surface area contributed by atoms with Crippen molar-refractivity contribution in [1.29, 1.82) is 0 Å². The van der Waals surface area contributed by atoms with E-state index in [1.165, 1.54) is 0 Å². The third kappa shape index (κ3) is 3.56. The molecule has 0 saturated carbocycles. The van der Waals surface area contributed by atoms with Crippen LogP contribution in [-0.2, 0) is 6.18 Å². The Balaban J connectivity index is 2.40. The maximum atomic E-state index is 14.6. The number of fused-ring (bicyclic) bond motifs is 1. The quantitative estimate of drug-likeness (QED) is 0.649. The number of rotatable bonds is 4. The molecule has 0 radical (unpaired) electrons. The first-order valence-electron chi connectivity index (χ1n) is 7.48. The summed E-state index contributed by atoms with van der Waals surface area (Å²) in [6, 6.07) is 0.928. The van der Waals surface area contributed by atoms with Gasteiger partial charge < -0.3 is 4.74 Å². The Kier molecular flexibility index (Phi) is 5.00. The number of hydrogen-bond acceptors (Lipinski definition) is 5. The van der Waals surface area contributed by atoms with E-state index in [9.17, 15) is 27.2 Å². The fourth-order valence-corrected chi connectivity index (χ4v) is 3.64. The van der Waals surface area contributed by atoms with E-state index < -0.39 is 34.6 Å². The Hall–Kier alpha value is -2.40. The van der Waals surface area contributed by atoms with Gasteiger partial charge in [0.05, 0.1) is 16.3 Å². The van der Waals surface area contributed by atoms with Crippen LogP contribution in [0.25, 0.3) is 15.9 Å². The lowest BCUT2D eigenvalue weighted by molar-refractivity contribution is -0.143. The van der Waals surface area contributed by atoms with Crippen molar-refractivity contribution in [1.82, 2.24) is 14.5 Å². The smallest absolute Gasteiger partial charge is 0.432 e. The van der Waals surface area contributed by atoms with E-state index in [0.717, 1.165) is 17.4 Å². The fraction of sp³-hybridized carbons (Fsp3) is 0.267. The zero-order valence-electron chi connectivity index (χ0n) is 13.5. The lowest BCUT2D eigenvalue weighted by Gasteiger charge is -2.15. The monoisotopic (exact) mass is 423 g/mol. The summed E-state index contributed by atoms with van der Waals surface area (Å²) in [5, 5.41) is -0.0912. The molecule has 0 spiro atoms. The van der Waals surface area contributed by atoms with E-state index in [2.05, 4.69) is 4.98 Å². The summed E-state index contributed by atoms with van der Waals surface area (Å²) in [7, 11) is 0. The summed E-state index contributed by atoms with van der Waals surface area (Å²) in [6.45, 7) is 2.11. The molecule has 0 atom stereocenters. The van der Waals surface area contributed by atoms with Crippen molar-refractivity contribution in [3.63, 3.8) is 0 Å². The summed E-state index contributed by atoms with van der Waals surface area (Å²) in [6.07, 6.45) is -4.44. The van der Waals surface area contributed by atoms with Crippen molar-refractivity contribution in [2.45, 2.75) is 19.5 Å². The second-order valence-corrected chi connectivity index (χ2v) is 6.72. The molecule has 1 N–H and O–H groups in total. The zero-order valence-corrected chi connectivity index (χ0v) is 15.1. The number of halogens is 5. The van der Waals surface area contributed by atoms with Gasteiger partial charge in [0.25, 0.3) is 10.8 Å². The Morgan fingerprint density at radius 2 is 2.04 bits per heavy atom. The molecular weight excluding hydrogens is 414 g/mol. The van der Waals surface area contributed by atoms with Crippen molar-refractivity contribution in [2.75, 3.05) is 6.61 Å². The molecule has 0 unspecified atom stereocenters. The van der Waals surface area contributed by atoms with Crippen molar-refractivity contribution >= 4 is 33.2 Å². The van der Waals surface area contributed by atoms with Gasteiger partial charge in [-0.05, 0) is 12.5 Å². The molecule has 0 bridgehead atoms. The average molecular weight is 424 g/mol. The summed E-state index contributed by atoms with van der Waals surface area (Å²) >= 11 is 6.69. The van der Waals surface area contributed by atoms with Crippen LogP contribution < -0.4 is 16.0 Å². The second kappa shape index (κ2) is 6.97. The molecule has 27 heavy (non-hydrogen) atoms. The number of nitrogens with one attached hydrogen (secondary N) is 1. The molecule has 0 aliphatic rings. The van der Waals surface area contributed by atoms with Gasteiger partial charge in [-0.1, -0.05) is 29.9 Å². The molecule has 12 heteroatoms. The molecule has 2 aromatic heterocycles. The van der Waals surface area contributed by atoms with Crippen LogP contribution in [0.1, 0.15) is 19.0 Å². The maximum Gasteiger partial charge on any atom is 0.432 e. The van der Waals surface area contributed by atoms with Gasteiger partial charge in [-0.15, -0.1) is 0 Å². The highest BCUT2D eigenvalue weighted by atomic mass is 35.5. The molecule has 1 aromatic carbocycles. The largest absolute Gasteiger partial charge is 0.470 e. The number of thiazole rings is 1. The van der Waals surface area contributed by atoms with Gasteiger partial charge in [-0.3, -0.25) is 14.3 Å². The molecule has 6 nitrogen and oxygen atoms in total. The predicted octanol–water partition coefficient (Wildman–Crippen LogP) is 3.74. The molecular formula is C15H10ClF4N3O3S. The SMILES string of the molecule is CCCOc1nc2c(Cl)cc(F)c(-n3c(C(F)(F)F)cc(=O)[nH]c3=O)c2s1. The molecule has 0 amide bonds. The van der Waals surface area contributed by atoms with Crippen LogP contribution in [0.5, 0.6) is 5.19 Å². The van der Waals surface area contributed by atoms with E-state index in [4.69, 9.17) is 16.3 Å². The minimum Gasteiger partial charge on any atom is -0.470 e. The molecule has 0 aliphatic heterocycles. The van der Waals surface area contributed by atoms with Gasteiger partial charge in [0, 0.05) is 6.07 Å². The van der Waals surface area contributed by atoms with Crippen LogP contribution in [0, 0.1) is 5.82 Å². The predicted molar refractivity (Wildman–Crippen MR) is 91.6 cm³/mol. The Morgan fingerprint density at radius 1 is 1.33 bits per heavy atom. The molecule has 0 aliphatic carbocycles. The third-order valence-electron chi connectivity index (χ3n) is 3.41. The number of alkyl halides is 3. The molecule has 2 heterocycles. The van der Waals surface area contributed by atoms with Gasteiger partial charge >= 0.3 is 11.9 Å². The minimum absolute atomic E-state index is 0.0182. The van der Waals surface area contributed by atoms with Crippen molar-refractivity contribution in [2.24, 2.45) is 0 Å². The van der Waals surface area contributed by atoms with Gasteiger partial charge in [-0.25, -0.2) is 14.2 Å². The first-order chi connectivity index (χ1) is 12.6. The van der Waals surface area contributed by atoms with Crippen molar-refractivity contribution in [3.8, 4) is 10.9 Å². The highest BCUT2D eigenvalue weighted by Crippen LogP contribution is 2.39. The number of hydrogen-bond donors (Lipinski definition) is 1. The Bertz CT molecular complexity index is 1140. The van der Waals surface area contributed by atoms with Crippen LogP contribution in [0.2, 0.25) is 5.02 Å². The van der Waals surface area contributed by atoms with Crippen LogP contribution >= 0.6 is 22.9 Å². The molecule has 144 valence electrons. The summed E-state index contributed by atoms with van der Waals surface area (Å²) in [4.78, 5) is 29.2. The number of H-pyrrole nitrogens is 1. The lowest BCUT2D eigenvalue weighted by Crippen LogP contribution is -2.34. The first kappa shape index (κ1) is 19.4. The van der Waals surface area contributed by atoms with Gasteiger partial charge in [0.1, 0.15) is 22.7 Å². The number of ether oxygens (including phenoxy) is 1. The fourth-order valence-electron chi connectivity index (χ4n) is 2.36. The average Bonchev–Trinajstić information content (AvgIpc) is 2.97. The van der Waals surface area contributed by atoms with Crippen LogP contribution in [0.3, 0.4) is 0 Å². The molecule has 3 aromatic rings. The van der Waals surface area contributed by atoms with E-state index >= 15 is 0 Å². The first-order valence-corrected chi connectivity index (χ1v) is 8.68. The number of nitrogens with zero attached hydrogens (tertiary/aromatic N) is 2. The van der Waals surface area contributed by atoms with Crippen molar-refractivity contribution < 1.29 is 22.3 Å². The Morgan fingerprint density at radius 3 is 2.67 bits per heavy atom. The molecule has 0 fully saturated rings. The summed E-state index contributed by atoms with van der Waals surface area (Å²) in [5.74, 6) is -1.18. The van der Waals surface area contributed by atoms with Gasteiger partial charge in [0.2, 0.25) is 0 Å². The summed E-state index contributed by atoms with van der Waals surface area (Å²) < 4.78 is 60.0. The zero-order chi connectivity index (χ0) is 19.9. The van der Waals surface area contributed by atoms with E-state index in [1.54, 1.807) is 4.98 Å². The highest BCUT2D eigenvalue weighted by Gasteiger charge is 2.37. The second-order valence-electron chi connectivity index (χ2n) is 5.35. The van der Waals surface area contributed by atoms with Gasteiger partial charge in [0.15, 0.2) is 0 Å². The summed E-state index contributed by atoms with van der Waals surface area (Å²) in [5.41, 5.74) is -5.06. The van der Waals surface area contributed by atoms with Crippen LogP contribution in [0.4, 0.5) is 17.6 Å². The van der Waals surface area contributed by atoms with Crippen molar-refractivity contribution in [3.05, 3.63) is 49.5 Å².